The molecule has 0 radical (unpaired) electrons. The zero-order valence-corrected chi connectivity index (χ0v) is 12.2. The quantitative estimate of drug-likeness (QED) is 0.809. The highest BCUT2D eigenvalue weighted by molar-refractivity contribution is 5.84. The Kier molecular flexibility index (Phi) is 5.19. The number of hydrogen-bond acceptors (Lipinski definition) is 4. The summed E-state index contributed by atoms with van der Waals surface area (Å²) in [6.45, 7) is 8.94. The summed E-state index contributed by atoms with van der Waals surface area (Å²) in [5, 5.41) is 3.44. The van der Waals surface area contributed by atoms with E-state index >= 15 is 0 Å². The Balaban J connectivity index is 1.98. The summed E-state index contributed by atoms with van der Waals surface area (Å²) in [4.78, 5) is 14.3. The van der Waals surface area contributed by atoms with E-state index in [1.807, 2.05) is 11.8 Å². The molecule has 5 nitrogen and oxygen atoms in total. The molecule has 1 N–H and O–H groups in total. The molecule has 3 atom stereocenters. The van der Waals surface area contributed by atoms with Gasteiger partial charge in [0.2, 0.25) is 5.91 Å². The van der Waals surface area contributed by atoms with Crippen LogP contribution in [0.5, 0.6) is 0 Å². The minimum Gasteiger partial charge on any atom is -0.376 e. The van der Waals surface area contributed by atoms with E-state index in [4.69, 9.17) is 9.47 Å². The SMILES string of the molecule is CCC1NC(CC(C)C)N(CC2COCCO2)C1=O. The Morgan fingerprint density at radius 2 is 2.21 bits per heavy atom. The van der Waals surface area contributed by atoms with Crippen LogP contribution in [0.1, 0.15) is 33.6 Å². The number of carbonyl (C=O) groups excluding carboxylic acids is 1. The Labute approximate surface area is 115 Å². The molecule has 1 amide bonds. The molecule has 2 heterocycles. The lowest BCUT2D eigenvalue weighted by Crippen LogP contribution is -2.46. The fraction of sp³-hybridized carbons (Fsp3) is 0.929. The zero-order valence-electron chi connectivity index (χ0n) is 12.2. The smallest absolute Gasteiger partial charge is 0.241 e. The van der Waals surface area contributed by atoms with Crippen molar-refractivity contribution in [1.82, 2.24) is 10.2 Å². The predicted octanol–water partition coefficient (Wildman–Crippen LogP) is 0.984. The molecule has 2 fully saturated rings. The highest BCUT2D eigenvalue weighted by atomic mass is 16.6. The molecule has 2 saturated heterocycles. The molecular weight excluding hydrogens is 244 g/mol. The lowest BCUT2D eigenvalue weighted by molar-refractivity contribution is -0.137. The van der Waals surface area contributed by atoms with Crippen LogP contribution in [0.15, 0.2) is 0 Å². The zero-order chi connectivity index (χ0) is 13.8. The van der Waals surface area contributed by atoms with E-state index in [-0.39, 0.29) is 24.2 Å². The number of rotatable bonds is 5. The first kappa shape index (κ1) is 14.8. The molecule has 110 valence electrons. The molecule has 19 heavy (non-hydrogen) atoms. The van der Waals surface area contributed by atoms with Crippen LogP contribution in [0.3, 0.4) is 0 Å². The summed E-state index contributed by atoms with van der Waals surface area (Å²) in [5.74, 6) is 0.772. The van der Waals surface area contributed by atoms with E-state index in [0.29, 0.717) is 32.3 Å². The van der Waals surface area contributed by atoms with E-state index in [1.54, 1.807) is 0 Å². The Bertz CT molecular complexity index is 303. The number of ether oxygens (including phenoxy) is 2. The van der Waals surface area contributed by atoms with E-state index in [0.717, 1.165) is 12.8 Å². The molecule has 2 aliphatic rings. The van der Waals surface area contributed by atoms with Crippen molar-refractivity contribution < 1.29 is 14.3 Å². The maximum atomic E-state index is 12.4. The number of nitrogens with one attached hydrogen (secondary N) is 1. The van der Waals surface area contributed by atoms with Gasteiger partial charge in [-0.2, -0.15) is 0 Å². The largest absolute Gasteiger partial charge is 0.376 e. The standard InChI is InChI=1S/C14H26N2O3/c1-4-12-14(17)16(13(15-12)7-10(2)3)8-11-9-18-5-6-19-11/h10-13,15H,4-9H2,1-3H3. The van der Waals surface area contributed by atoms with Gasteiger partial charge in [0.05, 0.1) is 44.7 Å². The van der Waals surface area contributed by atoms with Crippen molar-refractivity contribution in [2.24, 2.45) is 5.92 Å². The first-order valence-corrected chi connectivity index (χ1v) is 7.37. The van der Waals surface area contributed by atoms with Crippen molar-refractivity contribution in [1.29, 1.82) is 0 Å². The van der Waals surface area contributed by atoms with Gasteiger partial charge in [0.25, 0.3) is 0 Å². The normalized spacial score (nSPS) is 32.3. The minimum atomic E-state index is -0.0340. The highest BCUT2D eigenvalue weighted by Gasteiger charge is 2.39. The Morgan fingerprint density at radius 3 is 2.79 bits per heavy atom. The van der Waals surface area contributed by atoms with Gasteiger partial charge < -0.3 is 14.4 Å². The van der Waals surface area contributed by atoms with Gasteiger partial charge in [-0.3, -0.25) is 10.1 Å². The molecule has 0 bridgehead atoms. The monoisotopic (exact) mass is 270 g/mol. The molecule has 0 aromatic carbocycles. The van der Waals surface area contributed by atoms with Gasteiger partial charge in [-0.05, 0) is 18.8 Å². The molecule has 0 saturated carbocycles. The van der Waals surface area contributed by atoms with Gasteiger partial charge in [0.1, 0.15) is 0 Å². The summed E-state index contributed by atoms with van der Waals surface area (Å²) >= 11 is 0. The lowest BCUT2D eigenvalue weighted by Gasteiger charge is -2.31. The van der Waals surface area contributed by atoms with Crippen molar-refractivity contribution in [2.75, 3.05) is 26.4 Å². The van der Waals surface area contributed by atoms with Gasteiger partial charge in [-0.25, -0.2) is 0 Å². The van der Waals surface area contributed by atoms with Crippen molar-refractivity contribution in [2.45, 2.75) is 51.9 Å². The second-order valence-corrected chi connectivity index (χ2v) is 5.83. The number of nitrogens with zero attached hydrogens (tertiary/aromatic N) is 1. The summed E-state index contributed by atoms with van der Waals surface area (Å²) < 4.78 is 11.1. The third kappa shape index (κ3) is 3.68. The molecule has 5 heteroatoms. The van der Waals surface area contributed by atoms with Gasteiger partial charge >= 0.3 is 0 Å². The van der Waals surface area contributed by atoms with Crippen molar-refractivity contribution in [3.63, 3.8) is 0 Å². The van der Waals surface area contributed by atoms with Gasteiger partial charge in [0, 0.05) is 0 Å². The fourth-order valence-corrected chi connectivity index (χ4v) is 2.76. The number of amides is 1. The van der Waals surface area contributed by atoms with Crippen LogP contribution in [-0.4, -0.2) is 55.5 Å². The van der Waals surface area contributed by atoms with Crippen LogP contribution in [0.4, 0.5) is 0 Å². The summed E-state index contributed by atoms with van der Waals surface area (Å²) in [6, 6.07) is -0.0340. The molecule has 0 aromatic rings. The van der Waals surface area contributed by atoms with Crippen LogP contribution in [-0.2, 0) is 14.3 Å². The molecule has 0 aromatic heterocycles. The fourth-order valence-electron chi connectivity index (χ4n) is 2.76. The second kappa shape index (κ2) is 6.68. The summed E-state index contributed by atoms with van der Waals surface area (Å²) in [5.41, 5.74) is 0. The number of hydrogen-bond donors (Lipinski definition) is 1. The van der Waals surface area contributed by atoms with Crippen molar-refractivity contribution in [3.8, 4) is 0 Å². The number of carbonyl (C=O) groups is 1. The highest BCUT2D eigenvalue weighted by Crippen LogP contribution is 2.20. The lowest BCUT2D eigenvalue weighted by atomic mass is 10.1. The van der Waals surface area contributed by atoms with Gasteiger partial charge in [-0.1, -0.05) is 20.8 Å². The second-order valence-electron chi connectivity index (χ2n) is 5.83. The maximum absolute atomic E-state index is 12.4. The Hall–Kier alpha value is -0.650. The van der Waals surface area contributed by atoms with Crippen LogP contribution >= 0.6 is 0 Å². The van der Waals surface area contributed by atoms with Crippen molar-refractivity contribution in [3.05, 3.63) is 0 Å². The third-order valence-corrected chi connectivity index (χ3v) is 3.74. The molecule has 3 unspecified atom stereocenters. The average molecular weight is 270 g/mol. The predicted molar refractivity (Wildman–Crippen MR) is 72.7 cm³/mol. The Morgan fingerprint density at radius 1 is 1.42 bits per heavy atom. The van der Waals surface area contributed by atoms with Crippen LogP contribution in [0.25, 0.3) is 0 Å². The first-order valence-electron chi connectivity index (χ1n) is 7.37. The van der Waals surface area contributed by atoms with E-state index in [9.17, 15) is 4.79 Å². The topological polar surface area (TPSA) is 50.8 Å². The average Bonchev–Trinajstić information content (AvgIpc) is 2.67. The van der Waals surface area contributed by atoms with E-state index < -0.39 is 0 Å². The summed E-state index contributed by atoms with van der Waals surface area (Å²) in [6.07, 6.45) is 1.98. The third-order valence-electron chi connectivity index (χ3n) is 3.74. The van der Waals surface area contributed by atoms with Crippen LogP contribution < -0.4 is 5.32 Å². The first-order chi connectivity index (χ1) is 9.11. The van der Waals surface area contributed by atoms with Gasteiger partial charge in [0.15, 0.2) is 0 Å². The van der Waals surface area contributed by atoms with Crippen LogP contribution in [0, 0.1) is 5.92 Å². The molecule has 2 rings (SSSR count). The minimum absolute atomic E-state index is 0.0183. The molecule has 0 aliphatic carbocycles. The maximum Gasteiger partial charge on any atom is 0.241 e. The molecular formula is C14H26N2O3. The van der Waals surface area contributed by atoms with Crippen LogP contribution in [0.2, 0.25) is 0 Å². The van der Waals surface area contributed by atoms with Gasteiger partial charge in [-0.15, -0.1) is 0 Å². The summed E-state index contributed by atoms with van der Waals surface area (Å²) in [7, 11) is 0. The molecule has 2 aliphatic heterocycles. The van der Waals surface area contributed by atoms with Crippen molar-refractivity contribution >= 4 is 5.91 Å². The van der Waals surface area contributed by atoms with E-state index in [1.165, 1.54) is 0 Å². The molecule has 0 spiro atoms. The van der Waals surface area contributed by atoms with E-state index in [2.05, 4.69) is 19.2 Å².